The first-order valence-electron chi connectivity index (χ1n) is 7.72. The number of hydrogen-bond acceptors (Lipinski definition) is 2. The molecule has 23 heavy (non-hydrogen) atoms. The third-order valence-electron chi connectivity index (χ3n) is 4.37. The normalized spacial score (nSPS) is 19.4. The molecule has 0 spiro atoms. The average Bonchev–Trinajstić information content (AvgIpc) is 3.35. The van der Waals surface area contributed by atoms with Gasteiger partial charge in [0.25, 0.3) is 0 Å². The zero-order chi connectivity index (χ0) is 16.4. The molecule has 2 aromatic carbocycles. The number of carbonyl (C=O) groups is 1. The molecule has 1 amide bonds. The minimum atomic E-state index is -0.205. The Bertz CT molecular complexity index is 701. The largest absolute Gasteiger partial charge is 0.341 e. The van der Waals surface area contributed by atoms with Crippen LogP contribution in [0.15, 0.2) is 53.4 Å². The molecule has 1 fully saturated rings. The lowest BCUT2D eigenvalue weighted by Gasteiger charge is -2.17. The van der Waals surface area contributed by atoms with Crippen LogP contribution in [0.3, 0.4) is 0 Å². The van der Waals surface area contributed by atoms with Crippen LogP contribution in [0.2, 0.25) is 0 Å². The van der Waals surface area contributed by atoms with Crippen molar-refractivity contribution in [2.45, 2.75) is 23.8 Å². The van der Waals surface area contributed by atoms with E-state index < -0.39 is 0 Å². The minimum Gasteiger partial charge on any atom is -0.341 e. The van der Waals surface area contributed by atoms with E-state index in [0.717, 1.165) is 12.0 Å². The number of benzene rings is 2. The third-order valence-corrected chi connectivity index (χ3v) is 5.11. The molecule has 0 aromatic heterocycles. The van der Waals surface area contributed by atoms with Gasteiger partial charge in [0.15, 0.2) is 0 Å². The van der Waals surface area contributed by atoms with Crippen molar-refractivity contribution in [3.8, 4) is 0 Å². The fraction of sp³-hybridized carbons (Fsp3) is 0.316. The van der Waals surface area contributed by atoms with E-state index >= 15 is 0 Å². The minimum absolute atomic E-state index is 0.0324. The first-order valence-corrected chi connectivity index (χ1v) is 8.95. The maximum Gasteiger partial charge on any atom is 0.226 e. The molecule has 0 aliphatic heterocycles. The summed E-state index contributed by atoms with van der Waals surface area (Å²) in [6, 6.07) is 15.0. The summed E-state index contributed by atoms with van der Waals surface area (Å²) in [4.78, 5) is 15.5. The highest BCUT2D eigenvalue weighted by Crippen LogP contribution is 2.49. The second-order valence-electron chi connectivity index (χ2n) is 6.01. The van der Waals surface area contributed by atoms with Crippen molar-refractivity contribution in [3.05, 3.63) is 65.5 Å². The highest BCUT2D eigenvalue weighted by Gasteiger charge is 2.46. The van der Waals surface area contributed by atoms with Crippen LogP contribution in [0.1, 0.15) is 23.5 Å². The summed E-state index contributed by atoms with van der Waals surface area (Å²) in [5.74, 6) is -0.150. The summed E-state index contributed by atoms with van der Waals surface area (Å²) in [5.41, 5.74) is 1.78. The molecule has 0 N–H and O–H groups in total. The van der Waals surface area contributed by atoms with Gasteiger partial charge >= 0.3 is 0 Å². The lowest BCUT2D eigenvalue weighted by atomic mass is 10.1. The zero-order valence-electron chi connectivity index (χ0n) is 13.3. The first-order chi connectivity index (χ1) is 11.1. The van der Waals surface area contributed by atoms with E-state index in [9.17, 15) is 9.18 Å². The molecule has 0 radical (unpaired) electrons. The highest BCUT2D eigenvalue weighted by molar-refractivity contribution is 7.98. The lowest BCUT2D eigenvalue weighted by molar-refractivity contribution is -0.131. The van der Waals surface area contributed by atoms with Crippen molar-refractivity contribution in [1.29, 1.82) is 0 Å². The van der Waals surface area contributed by atoms with Gasteiger partial charge in [-0.2, -0.15) is 0 Å². The molecule has 0 bridgehead atoms. The van der Waals surface area contributed by atoms with Crippen LogP contribution in [0.25, 0.3) is 0 Å². The van der Waals surface area contributed by atoms with Gasteiger partial charge in [0.2, 0.25) is 5.91 Å². The molecule has 3 rings (SSSR count). The number of halogens is 1. The molecule has 2 unspecified atom stereocenters. The summed E-state index contributed by atoms with van der Waals surface area (Å²) in [6.45, 7) is 0.591. The SMILES string of the molecule is CSc1ccc(CN(C)C(=O)C2CC2c2ccccc2F)cc1. The molecular weight excluding hydrogens is 309 g/mol. The maximum atomic E-state index is 13.8. The van der Waals surface area contributed by atoms with Gasteiger partial charge in [-0.1, -0.05) is 30.3 Å². The average molecular weight is 329 g/mol. The molecule has 2 atom stereocenters. The second kappa shape index (κ2) is 6.75. The zero-order valence-corrected chi connectivity index (χ0v) is 14.1. The second-order valence-corrected chi connectivity index (χ2v) is 6.89. The van der Waals surface area contributed by atoms with Crippen LogP contribution < -0.4 is 0 Å². The van der Waals surface area contributed by atoms with E-state index in [1.54, 1.807) is 28.8 Å². The third kappa shape index (κ3) is 3.58. The lowest BCUT2D eigenvalue weighted by Crippen LogP contribution is -2.28. The summed E-state index contributed by atoms with van der Waals surface area (Å²) in [7, 11) is 1.82. The quantitative estimate of drug-likeness (QED) is 0.762. The molecule has 0 saturated heterocycles. The Balaban J connectivity index is 1.61. The Kier molecular flexibility index (Phi) is 4.71. The summed E-state index contributed by atoms with van der Waals surface area (Å²) < 4.78 is 13.8. The van der Waals surface area contributed by atoms with E-state index in [-0.39, 0.29) is 23.6 Å². The fourth-order valence-corrected chi connectivity index (χ4v) is 3.36. The molecule has 120 valence electrons. The van der Waals surface area contributed by atoms with E-state index in [0.29, 0.717) is 12.1 Å². The van der Waals surface area contributed by atoms with Crippen molar-refractivity contribution in [1.82, 2.24) is 4.90 Å². The standard InChI is InChI=1S/C19H20FNOS/c1-21(12-13-7-9-14(23-2)10-8-13)19(22)17-11-16(17)15-5-3-4-6-18(15)20/h3-10,16-17H,11-12H2,1-2H3. The van der Waals surface area contributed by atoms with E-state index in [1.807, 2.05) is 19.4 Å². The molecule has 4 heteroatoms. The van der Waals surface area contributed by atoms with Crippen LogP contribution in [0, 0.1) is 11.7 Å². The molecule has 1 saturated carbocycles. The topological polar surface area (TPSA) is 20.3 Å². The highest BCUT2D eigenvalue weighted by atomic mass is 32.2. The van der Waals surface area contributed by atoms with Gasteiger partial charge in [0.05, 0.1) is 0 Å². The number of hydrogen-bond donors (Lipinski definition) is 0. The van der Waals surface area contributed by atoms with Crippen LogP contribution >= 0.6 is 11.8 Å². The van der Waals surface area contributed by atoms with Crippen molar-refractivity contribution < 1.29 is 9.18 Å². The summed E-state index contributed by atoms with van der Waals surface area (Å²) in [5, 5.41) is 0. The molecular formula is C19H20FNOS. The van der Waals surface area contributed by atoms with Crippen LogP contribution in [-0.4, -0.2) is 24.1 Å². The number of nitrogens with zero attached hydrogens (tertiary/aromatic N) is 1. The predicted molar refractivity (Wildman–Crippen MR) is 91.9 cm³/mol. The Morgan fingerprint density at radius 2 is 1.91 bits per heavy atom. The first kappa shape index (κ1) is 16.1. The van der Waals surface area contributed by atoms with Crippen molar-refractivity contribution in [2.75, 3.05) is 13.3 Å². The van der Waals surface area contributed by atoms with Crippen LogP contribution in [0.5, 0.6) is 0 Å². The molecule has 2 aromatic rings. The fourth-order valence-electron chi connectivity index (χ4n) is 2.95. The van der Waals surface area contributed by atoms with Gasteiger partial charge in [0.1, 0.15) is 5.82 Å². The van der Waals surface area contributed by atoms with Crippen LogP contribution in [0.4, 0.5) is 4.39 Å². The summed E-state index contributed by atoms with van der Waals surface area (Å²) in [6.07, 6.45) is 2.79. The van der Waals surface area contributed by atoms with Crippen molar-refractivity contribution >= 4 is 17.7 Å². The van der Waals surface area contributed by atoms with Crippen LogP contribution in [-0.2, 0) is 11.3 Å². The van der Waals surface area contributed by atoms with Crippen molar-refractivity contribution in [3.63, 3.8) is 0 Å². The van der Waals surface area contributed by atoms with E-state index in [2.05, 4.69) is 24.3 Å². The number of rotatable bonds is 5. The number of carbonyl (C=O) groups excluding carboxylic acids is 1. The summed E-state index contributed by atoms with van der Waals surface area (Å²) >= 11 is 1.70. The maximum absolute atomic E-state index is 13.8. The van der Waals surface area contributed by atoms with Gasteiger partial charge in [-0.05, 0) is 47.9 Å². The van der Waals surface area contributed by atoms with Gasteiger partial charge < -0.3 is 4.90 Å². The monoisotopic (exact) mass is 329 g/mol. The van der Waals surface area contributed by atoms with Gasteiger partial charge in [0, 0.05) is 24.4 Å². The molecule has 1 aliphatic carbocycles. The Morgan fingerprint density at radius 3 is 2.57 bits per heavy atom. The van der Waals surface area contributed by atoms with Crippen molar-refractivity contribution in [2.24, 2.45) is 5.92 Å². The number of thioether (sulfide) groups is 1. The Labute approximate surface area is 140 Å². The van der Waals surface area contributed by atoms with Gasteiger partial charge in [-0.15, -0.1) is 11.8 Å². The van der Waals surface area contributed by atoms with Gasteiger partial charge in [-0.3, -0.25) is 4.79 Å². The number of amides is 1. The smallest absolute Gasteiger partial charge is 0.226 e. The van der Waals surface area contributed by atoms with Gasteiger partial charge in [-0.25, -0.2) is 4.39 Å². The Morgan fingerprint density at radius 1 is 1.22 bits per heavy atom. The van der Waals surface area contributed by atoms with E-state index in [4.69, 9.17) is 0 Å². The molecule has 1 aliphatic rings. The Hall–Kier alpha value is -1.81. The molecule has 2 nitrogen and oxygen atoms in total. The van der Waals surface area contributed by atoms with E-state index in [1.165, 1.54) is 11.0 Å². The predicted octanol–water partition coefficient (Wildman–Crippen LogP) is 4.31. The molecule has 0 heterocycles.